The first-order valence-electron chi connectivity index (χ1n) is 7.98. The van der Waals surface area contributed by atoms with Gasteiger partial charge in [0.2, 0.25) is 5.91 Å². The molecule has 0 saturated carbocycles. The molecule has 1 aromatic rings. The second-order valence-corrected chi connectivity index (χ2v) is 6.21. The Labute approximate surface area is 131 Å². The number of hydrogen-bond acceptors (Lipinski definition) is 3. The molecule has 0 aliphatic carbocycles. The van der Waals surface area contributed by atoms with Crippen molar-refractivity contribution in [3.63, 3.8) is 0 Å². The van der Waals surface area contributed by atoms with Crippen LogP contribution in [0.2, 0.25) is 0 Å². The number of likely N-dealkylation sites (tertiary alicyclic amines) is 1. The molecule has 0 unspecified atom stereocenters. The number of benzene rings is 1. The highest BCUT2D eigenvalue weighted by molar-refractivity contribution is 5.94. The standard InChI is InChI=1S/C17H23N3O2/c1-18-9-11-19(12-10-18)17(22)15-6-4-14(5-7-15)13-20-8-2-3-16(20)21/h4-7H,2-3,8-13H2,1H3. The molecule has 2 fully saturated rings. The number of carbonyl (C=O) groups excluding carboxylic acids is 2. The molecule has 118 valence electrons. The van der Waals surface area contributed by atoms with Gasteiger partial charge in [-0.25, -0.2) is 0 Å². The molecule has 22 heavy (non-hydrogen) atoms. The maximum atomic E-state index is 12.5. The molecule has 2 aliphatic rings. The molecular weight excluding hydrogens is 278 g/mol. The number of hydrogen-bond donors (Lipinski definition) is 0. The van der Waals surface area contributed by atoms with E-state index in [1.807, 2.05) is 34.1 Å². The van der Waals surface area contributed by atoms with E-state index in [2.05, 4.69) is 11.9 Å². The Balaban J connectivity index is 1.61. The lowest BCUT2D eigenvalue weighted by atomic mass is 10.1. The number of amides is 2. The van der Waals surface area contributed by atoms with Crippen LogP contribution in [0.4, 0.5) is 0 Å². The van der Waals surface area contributed by atoms with Gasteiger partial charge in [0.25, 0.3) is 5.91 Å². The van der Waals surface area contributed by atoms with Gasteiger partial charge in [0, 0.05) is 51.3 Å². The van der Waals surface area contributed by atoms with Crippen molar-refractivity contribution in [2.75, 3.05) is 39.8 Å². The van der Waals surface area contributed by atoms with Crippen LogP contribution in [0.5, 0.6) is 0 Å². The molecule has 0 atom stereocenters. The largest absolute Gasteiger partial charge is 0.338 e. The summed E-state index contributed by atoms with van der Waals surface area (Å²) in [7, 11) is 2.08. The zero-order valence-corrected chi connectivity index (χ0v) is 13.1. The molecule has 5 nitrogen and oxygen atoms in total. The van der Waals surface area contributed by atoms with Gasteiger partial charge in [-0.3, -0.25) is 9.59 Å². The summed E-state index contributed by atoms with van der Waals surface area (Å²) in [5, 5.41) is 0. The lowest BCUT2D eigenvalue weighted by Crippen LogP contribution is -2.47. The predicted molar refractivity (Wildman–Crippen MR) is 84.5 cm³/mol. The summed E-state index contributed by atoms with van der Waals surface area (Å²) in [6.45, 7) is 4.95. The van der Waals surface area contributed by atoms with E-state index >= 15 is 0 Å². The average Bonchev–Trinajstić information content (AvgIpc) is 2.93. The summed E-state index contributed by atoms with van der Waals surface area (Å²) in [6.07, 6.45) is 1.62. The molecule has 3 rings (SSSR count). The average molecular weight is 301 g/mol. The molecule has 2 saturated heterocycles. The Hall–Kier alpha value is -1.88. The number of piperazine rings is 1. The summed E-state index contributed by atoms with van der Waals surface area (Å²) >= 11 is 0. The summed E-state index contributed by atoms with van der Waals surface area (Å²) in [6, 6.07) is 7.71. The zero-order chi connectivity index (χ0) is 15.5. The second kappa shape index (κ2) is 6.48. The van der Waals surface area contributed by atoms with Crippen LogP contribution in [0.1, 0.15) is 28.8 Å². The Kier molecular flexibility index (Phi) is 4.43. The number of carbonyl (C=O) groups is 2. The SMILES string of the molecule is CN1CCN(C(=O)c2ccc(CN3CCCC3=O)cc2)CC1. The molecule has 0 aromatic heterocycles. The van der Waals surface area contributed by atoms with Crippen molar-refractivity contribution in [3.8, 4) is 0 Å². The monoisotopic (exact) mass is 301 g/mol. The predicted octanol–water partition coefficient (Wildman–Crippen LogP) is 1.20. The van der Waals surface area contributed by atoms with Crippen LogP contribution in [0, 0.1) is 0 Å². The minimum absolute atomic E-state index is 0.108. The van der Waals surface area contributed by atoms with Crippen molar-refractivity contribution in [1.29, 1.82) is 0 Å². The molecule has 1 aromatic carbocycles. The third kappa shape index (κ3) is 3.30. The normalized spacial score (nSPS) is 19.8. The molecule has 0 bridgehead atoms. The third-order valence-electron chi connectivity index (χ3n) is 4.54. The van der Waals surface area contributed by atoms with E-state index in [4.69, 9.17) is 0 Å². The summed E-state index contributed by atoms with van der Waals surface area (Å²) in [5.74, 6) is 0.342. The van der Waals surface area contributed by atoms with E-state index in [-0.39, 0.29) is 11.8 Å². The summed E-state index contributed by atoms with van der Waals surface area (Å²) in [4.78, 5) is 30.1. The van der Waals surface area contributed by atoms with Gasteiger partial charge in [-0.15, -0.1) is 0 Å². The minimum atomic E-state index is 0.108. The third-order valence-corrected chi connectivity index (χ3v) is 4.54. The first-order valence-corrected chi connectivity index (χ1v) is 7.98. The van der Waals surface area contributed by atoms with Crippen molar-refractivity contribution in [1.82, 2.24) is 14.7 Å². The van der Waals surface area contributed by atoms with E-state index in [1.54, 1.807) is 0 Å². The molecule has 2 heterocycles. The number of rotatable bonds is 3. The maximum absolute atomic E-state index is 12.5. The van der Waals surface area contributed by atoms with Crippen LogP contribution in [-0.2, 0) is 11.3 Å². The summed E-state index contributed by atoms with van der Waals surface area (Å²) < 4.78 is 0. The molecule has 0 spiro atoms. The van der Waals surface area contributed by atoms with Gasteiger partial charge in [-0.2, -0.15) is 0 Å². The number of nitrogens with zero attached hydrogens (tertiary/aromatic N) is 3. The van der Waals surface area contributed by atoms with Crippen LogP contribution < -0.4 is 0 Å². The van der Waals surface area contributed by atoms with E-state index in [1.165, 1.54) is 0 Å². The van der Waals surface area contributed by atoms with E-state index < -0.39 is 0 Å². The Morgan fingerprint density at radius 1 is 1.05 bits per heavy atom. The molecule has 0 radical (unpaired) electrons. The highest BCUT2D eigenvalue weighted by Crippen LogP contribution is 2.15. The van der Waals surface area contributed by atoms with Crippen LogP contribution in [0.25, 0.3) is 0 Å². The van der Waals surface area contributed by atoms with Crippen molar-refractivity contribution in [3.05, 3.63) is 35.4 Å². The number of likely N-dealkylation sites (N-methyl/N-ethyl adjacent to an activating group) is 1. The Morgan fingerprint density at radius 3 is 2.32 bits per heavy atom. The van der Waals surface area contributed by atoms with Crippen LogP contribution in [0.15, 0.2) is 24.3 Å². The molecular formula is C17H23N3O2. The fourth-order valence-electron chi connectivity index (χ4n) is 3.04. The maximum Gasteiger partial charge on any atom is 0.253 e. The van der Waals surface area contributed by atoms with Gasteiger partial charge in [0.05, 0.1) is 0 Å². The first kappa shape index (κ1) is 15.0. The van der Waals surface area contributed by atoms with Gasteiger partial charge in [-0.05, 0) is 31.2 Å². The molecule has 5 heteroatoms. The Morgan fingerprint density at radius 2 is 1.73 bits per heavy atom. The molecule has 2 amide bonds. The van der Waals surface area contributed by atoms with Crippen LogP contribution in [0.3, 0.4) is 0 Å². The smallest absolute Gasteiger partial charge is 0.253 e. The van der Waals surface area contributed by atoms with Crippen LogP contribution in [-0.4, -0.2) is 66.3 Å². The van der Waals surface area contributed by atoms with Gasteiger partial charge in [0.1, 0.15) is 0 Å². The lowest BCUT2D eigenvalue weighted by Gasteiger charge is -2.32. The zero-order valence-electron chi connectivity index (χ0n) is 13.1. The van der Waals surface area contributed by atoms with E-state index in [0.29, 0.717) is 13.0 Å². The Bertz CT molecular complexity index is 548. The highest BCUT2D eigenvalue weighted by atomic mass is 16.2. The van der Waals surface area contributed by atoms with Gasteiger partial charge in [0.15, 0.2) is 0 Å². The van der Waals surface area contributed by atoms with Gasteiger partial charge < -0.3 is 14.7 Å². The first-order chi connectivity index (χ1) is 10.6. The fraction of sp³-hybridized carbons (Fsp3) is 0.529. The van der Waals surface area contributed by atoms with Crippen molar-refractivity contribution >= 4 is 11.8 Å². The van der Waals surface area contributed by atoms with Crippen molar-refractivity contribution < 1.29 is 9.59 Å². The highest BCUT2D eigenvalue weighted by Gasteiger charge is 2.22. The molecule has 2 aliphatic heterocycles. The summed E-state index contributed by atoms with van der Waals surface area (Å²) in [5.41, 5.74) is 1.83. The minimum Gasteiger partial charge on any atom is -0.338 e. The van der Waals surface area contributed by atoms with Gasteiger partial charge >= 0.3 is 0 Å². The second-order valence-electron chi connectivity index (χ2n) is 6.21. The van der Waals surface area contributed by atoms with E-state index in [9.17, 15) is 9.59 Å². The molecule has 0 N–H and O–H groups in total. The lowest BCUT2D eigenvalue weighted by molar-refractivity contribution is -0.128. The van der Waals surface area contributed by atoms with E-state index in [0.717, 1.165) is 50.3 Å². The van der Waals surface area contributed by atoms with Crippen LogP contribution >= 0.6 is 0 Å². The van der Waals surface area contributed by atoms with Crippen molar-refractivity contribution in [2.24, 2.45) is 0 Å². The topological polar surface area (TPSA) is 43.9 Å². The van der Waals surface area contributed by atoms with Gasteiger partial charge in [-0.1, -0.05) is 12.1 Å². The van der Waals surface area contributed by atoms with Crippen molar-refractivity contribution in [2.45, 2.75) is 19.4 Å². The fourth-order valence-corrected chi connectivity index (χ4v) is 3.04. The quantitative estimate of drug-likeness (QED) is 0.842.